The van der Waals surface area contributed by atoms with Gasteiger partial charge >= 0.3 is 0 Å². The maximum Gasteiger partial charge on any atom is 0.220 e. The third kappa shape index (κ3) is 51.2. The van der Waals surface area contributed by atoms with E-state index >= 15 is 0 Å². The van der Waals surface area contributed by atoms with E-state index in [0.29, 0.717) is 6.42 Å². The molecule has 3 N–H and O–H groups in total. The number of allylic oxidation sites excluding steroid dienone is 7. The van der Waals surface area contributed by atoms with Crippen molar-refractivity contribution in [3.8, 4) is 0 Å². The Morgan fingerprint density at radius 3 is 1.02 bits per heavy atom. The van der Waals surface area contributed by atoms with Gasteiger partial charge in [-0.15, -0.1) is 0 Å². The van der Waals surface area contributed by atoms with Crippen LogP contribution in [0.25, 0.3) is 0 Å². The van der Waals surface area contributed by atoms with E-state index in [4.69, 9.17) is 0 Å². The van der Waals surface area contributed by atoms with Gasteiger partial charge in [-0.3, -0.25) is 4.79 Å². The van der Waals surface area contributed by atoms with Gasteiger partial charge in [0.1, 0.15) is 0 Å². The second-order valence-corrected chi connectivity index (χ2v) is 19.3. The summed E-state index contributed by atoms with van der Waals surface area (Å²) in [6, 6.07) is -0.639. The summed E-state index contributed by atoms with van der Waals surface area (Å²) in [5, 5.41) is 23.1. The molecule has 0 aliphatic heterocycles. The molecule has 0 bridgehead atoms. The van der Waals surface area contributed by atoms with Crippen LogP contribution >= 0.6 is 0 Å². The van der Waals surface area contributed by atoms with Crippen molar-refractivity contribution in [3.05, 3.63) is 48.6 Å². The highest BCUT2D eigenvalue weighted by atomic mass is 16.3. The van der Waals surface area contributed by atoms with Crippen LogP contribution in [0.2, 0.25) is 0 Å². The molecule has 0 saturated heterocycles. The number of hydrogen-bond donors (Lipinski definition) is 3. The largest absolute Gasteiger partial charge is 0.394 e. The number of unbranched alkanes of at least 4 members (excludes halogenated alkanes) is 39. The fraction of sp³-hybridized carbons (Fsp3) is 0.847. The van der Waals surface area contributed by atoms with Crippen molar-refractivity contribution in [2.45, 2.75) is 315 Å². The minimum absolute atomic E-state index is 0.0710. The van der Waals surface area contributed by atoms with Crippen LogP contribution in [0.4, 0.5) is 0 Å². The van der Waals surface area contributed by atoms with E-state index in [0.717, 1.165) is 38.5 Å². The number of carbonyl (C=O) groups is 1. The molecule has 0 saturated carbocycles. The van der Waals surface area contributed by atoms with Crippen LogP contribution in [0.15, 0.2) is 48.6 Å². The van der Waals surface area contributed by atoms with Gasteiger partial charge in [0.2, 0.25) is 5.91 Å². The Kier molecular flexibility index (Phi) is 53.3. The third-order valence-electron chi connectivity index (χ3n) is 13.0. The monoisotopic (exact) mass is 882 g/mol. The first-order valence-electron chi connectivity index (χ1n) is 28.4. The molecule has 0 aliphatic rings. The number of aliphatic hydroxyl groups is 2. The average molecular weight is 883 g/mol. The fourth-order valence-electron chi connectivity index (χ4n) is 8.70. The van der Waals surface area contributed by atoms with Crippen molar-refractivity contribution < 1.29 is 15.0 Å². The Balaban J connectivity index is 3.46. The van der Waals surface area contributed by atoms with E-state index in [1.165, 1.54) is 244 Å². The molecule has 0 fully saturated rings. The zero-order valence-electron chi connectivity index (χ0n) is 42.6. The quantitative estimate of drug-likeness (QED) is 0.0421. The second kappa shape index (κ2) is 54.7. The highest BCUT2D eigenvalue weighted by Crippen LogP contribution is 2.16. The lowest BCUT2D eigenvalue weighted by Crippen LogP contribution is -2.45. The van der Waals surface area contributed by atoms with Gasteiger partial charge in [-0.2, -0.15) is 0 Å². The summed E-state index contributed by atoms with van der Waals surface area (Å²) in [6.45, 7) is 4.32. The summed E-state index contributed by atoms with van der Waals surface area (Å²) in [5.74, 6) is -0.0710. The molecule has 0 heterocycles. The van der Waals surface area contributed by atoms with Crippen molar-refractivity contribution >= 4 is 5.91 Å². The first kappa shape index (κ1) is 61.4. The average Bonchev–Trinajstić information content (AvgIpc) is 3.29. The maximum atomic E-state index is 12.4. The maximum absolute atomic E-state index is 12.4. The van der Waals surface area contributed by atoms with Crippen molar-refractivity contribution in [1.29, 1.82) is 0 Å². The van der Waals surface area contributed by atoms with Crippen molar-refractivity contribution in [1.82, 2.24) is 5.32 Å². The standard InChI is InChI=1S/C59H111NO3/c1-3-5-7-9-11-13-15-17-19-21-22-23-24-25-26-27-28-29-30-31-32-33-34-35-36-37-38-39-41-43-45-47-49-51-53-55-59(63)60-57(56-61)58(62)54-52-50-48-46-44-42-40-20-18-16-14-12-10-8-6-4-2/h24-25,27-28,44,46,52,54,57-58,61-62H,3-23,26,29-43,45,47-51,53,55-56H2,1-2H3,(H,60,63)/b25-24-,28-27-,46-44+,54-52+. The molecule has 0 aromatic heterocycles. The van der Waals surface area contributed by atoms with E-state index < -0.39 is 12.1 Å². The molecule has 0 aromatic carbocycles. The van der Waals surface area contributed by atoms with Gasteiger partial charge in [-0.25, -0.2) is 0 Å². The first-order valence-corrected chi connectivity index (χ1v) is 28.4. The van der Waals surface area contributed by atoms with E-state index in [1.807, 2.05) is 6.08 Å². The Morgan fingerprint density at radius 1 is 0.381 bits per heavy atom. The molecule has 0 aliphatic carbocycles. The Bertz CT molecular complexity index is 1000. The summed E-state index contributed by atoms with van der Waals surface area (Å²) in [6.07, 6.45) is 75.7. The van der Waals surface area contributed by atoms with Gasteiger partial charge < -0.3 is 15.5 Å². The molecule has 2 unspecified atom stereocenters. The van der Waals surface area contributed by atoms with Gasteiger partial charge in [-0.1, -0.05) is 281 Å². The molecule has 2 atom stereocenters. The van der Waals surface area contributed by atoms with E-state index in [-0.39, 0.29) is 12.5 Å². The summed E-state index contributed by atoms with van der Waals surface area (Å²) >= 11 is 0. The highest BCUT2D eigenvalue weighted by molar-refractivity contribution is 5.76. The molecular formula is C59H111NO3. The summed E-state index contributed by atoms with van der Waals surface area (Å²) < 4.78 is 0. The molecule has 370 valence electrons. The van der Waals surface area contributed by atoms with Crippen LogP contribution in [0.5, 0.6) is 0 Å². The molecule has 63 heavy (non-hydrogen) atoms. The van der Waals surface area contributed by atoms with Gasteiger partial charge in [0.15, 0.2) is 0 Å². The predicted octanol–water partition coefficient (Wildman–Crippen LogP) is 18.6. The number of carbonyl (C=O) groups excluding carboxylic acids is 1. The summed E-state index contributed by atoms with van der Waals surface area (Å²) in [4.78, 5) is 12.4. The van der Waals surface area contributed by atoms with Crippen molar-refractivity contribution in [2.24, 2.45) is 0 Å². The molecule has 4 nitrogen and oxygen atoms in total. The van der Waals surface area contributed by atoms with Gasteiger partial charge in [0, 0.05) is 6.42 Å². The lowest BCUT2D eigenvalue weighted by Gasteiger charge is -2.19. The zero-order valence-corrected chi connectivity index (χ0v) is 42.6. The van der Waals surface area contributed by atoms with Crippen molar-refractivity contribution in [2.75, 3.05) is 6.61 Å². The summed E-state index contributed by atoms with van der Waals surface area (Å²) in [5.41, 5.74) is 0. The zero-order chi connectivity index (χ0) is 45.6. The van der Waals surface area contributed by atoms with Gasteiger partial charge in [-0.05, 0) is 64.2 Å². The van der Waals surface area contributed by atoms with E-state index in [9.17, 15) is 15.0 Å². The second-order valence-electron chi connectivity index (χ2n) is 19.3. The minimum Gasteiger partial charge on any atom is -0.394 e. The number of aliphatic hydroxyl groups excluding tert-OH is 2. The Morgan fingerprint density at radius 2 is 0.667 bits per heavy atom. The van der Waals surface area contributed by atoms with Crippen LogP contribution in [-0.2, 0) is 4.79 Å². The molecule has 0 aromatic rings. The predicted molar refractivity (Wildman–Crippen MR) is 281 cm³/mol. The van der Waals surface area contributed by atoms with Gasteiger partial charge in [0.05, 0.1) is 18.8 Å². The number of amides is 1. The van der Waals surface area contributed by atoms with Crippen LogP contribution in [-0.4, -0.2) is 34.9 Å². The van der Waals surface area contributed by atoms with E-state index in [2.05, 4.69) is 55.6 Å². The van der Waals surface area contributed by atoms with Gasteiger partial charge in [0.25, 0.3) is 0 Å². The lowest BCUT2D eigenvalue weighted by atomic mass is 10.0. The molecule has 0 radical (unpaired) electrons. The Labute approximate surface area is 394 Å². The van der Waals surface area contributed by atoms with Crippen LogP contribution in [0, 0.1) is 0 Å². The normalized spacial score (nSPS) is 13.1. The lowest BCUT2D eigenvalue weighted by molar-refractivity contribution is -0.123. The third-order valence-corrected chi connectivity index (χ3v) is 13.0. The molecular weight excluding hydrogens is 771 g/mol. The number of nitrogens with one attached hydrogen (secondary N) is 1. The molecule has 1 amide bonds. The number of rotatable bonds is 52. The van der Waals surface area contributed by atoms with E-state index in [1.54, 1.807) is 6.08 Å². The molecule has 0 rings (SSSR count). The molecule has 4 heteroatoms. The minimum atomic E-state index is -0.862. The topological polar surface area (TPSA) is 69.6 Å². The molecule has 0 spiro atoms. The van der Waals surface area contributed by atoms with Crippen molar-refractivity contribution in [3.63, 3.8) is 0 Å². The van der Waals surface area contributed by atoms with Crippen LogP contribution < -0.4 is 5.32 Å². The first-order chi connectivity index (χ1) is 31.2. The fourth-order valence-corrected chi connectivity index (χ4v) is 8.70. The SMILES string of the molecule is CCCCCCCCCCCC/C=C/CC/C=C/C(O)C(CO)NC(=O)CCCCCCCCCCCCCCCCCCC/C=C\C/C=C\CCCCCCCCCCCCC. The smallest absolute Gasteiger partial charge is 0.220 e. The van der Waals surface area contributed by atoms with Crippen LogP contribution in [0.1, 0.15) is 303 Å². The van der Waals surface area contributed by atoms with Crippen LogP contribution in [0.3, 0.4) is 0 Å². The highest BCUT2D eigenvalue weighted by Gasteiger charge is 2.18. The Hall–Kier alpha value is -1.65. The number of hydrogen-bond acceptors (Lipinski definition) is 3. The summed E-state index contributed by atoms with van der Waals surface area (Å²) in [7, 11) is 0.